The van der Waals surface area contributed by atoms with Crippen molar-refractivity contribution >= 4 is 16.5 Å². The topological polar surface area (TPSA) is 81.6 Å². The zero-order valence-corrected chi connectivity index (χ0v) is 13.1. The third-order valence-electron chi connectivity index (χ3n) is 4.52. The first-order valence-electron chi connectivity index (χ1n) is 7.67. The molecule has 0 saturated carbocycles. The van der Waals surface area contributed by atoms with Gasteiger partial charge in [-0.25, -0.2) is 13.9 Å². The maximum absolute atomic E-state index is 14.6. The lowest BCUT2D eigenvalue weighted by Gasteiger charge is -2.32. The third-order valence-corrected chi connectivity index (χ3v) is 4.52. The molecule has 0 aliphatic carbocycles. The fraction of sp³-hybridized carbons (Fsp3) is 0.167. The maximum atomic E-state index is 14.6. The second-order valence-electron chi connectivity index (χ2n) is 6.07. The van der Waals surface area contributed by atoms with Crippen molar-refractivity contribution in [3.63, 3.8) is 0 Å². The molecular formula is C18H12F2N4O. The first-order valence-corrected chi connectivity index (χ1v) is 7.67. The van der Waals surface area contributed by atoms with Gasteiger partial charge in [-0.1, -0.05) is 6.07 Å². The van der Waals surface area contributed by atoms with Crippen molar-refractivity contribution in [2.24, 2.45) is 0 Å². The summed E-state index contributed by atoms with van der Waals surface area (Å²) in [6.07, 6.45) is 0. The molecule has 0 bridgehead atoms. The molecule has 0 radical (unpaired) electrons. The van der Waals surface area contributed by atoms with Crippen molar-refractivity contribution in [2.45, 2.75) is 18.9 Å². The summed E-state index contributed by atoms with van der Waals surface area (Å²) in [6.45, 7) is 1.83. The molecule has 2 aromatic carbocycles. The van der Waals surface area contributed by atoms with Crippen LogP contribution in [0, 0.1) is 23.0 Å². The Bertz CT molecular complexity index is 1120. The van der Waals surface area contributed by atoms with E-state index in [4.69, 9.17) is 5.26 Å². The number of H-pyrrole nitrogens is 1. The number of rotatable bonds is 1. The number of aromatic nitrogens is 2. The lowest BCUT2D eigenvalue weighted by molar-refractivity contribution is 0.567. The van der Waals surface area contributed by atoms with Gasteiger partial charge in [-0.3, -0.25) is 4.79 Å². The van der Waals surface area contributed by atoms with Crippen LogP contribution in [-0.4, -0.2) is 16.2 Å². The van der Waals surface area contributed by atoms with Gasteiger partial charge in [0.25, 0.3) is 5.56 Å². The van der Waals surface area contributed by atoms with Crippen molar-refractivity contribution in [3.8, 4) is 6.07 Å². The molecule has 2 atom stereocenters. The number of nitriles is 1. The fourth-order valence-electron chi connectivity index (χ4n) is 3.46. The Morgan fingerprint density at radius 1 is 1.24 bits per heavy atom. The van der Waals surface area contributed by atoms with Crippen LogP contribution in [0.4, 0.5) is 14.5 Å². The second kappa shape index (κ2) is 5.38. The summed E-state index contributed by atoms with van der Waals surface area (Å²) >= 11 is 0. The summed E-state index contributed by atoms with van der Waals surface area (Å²) in [5.74, 6) is -1.55. The van der Waals surface area contributed by atoms with E-state index in [2.05, 4.69) is 15.5 Å². The number of nitrogens with zero attached hydrogens (tertiary/aromatic N) is 2. The zero-order chi connectivity index (χ0) is 17.7. The van der Waals surface area contributed by atoms with E-state index in [1.807, 2.05) is 13.0 Å². The van der Waals surface area contributed by atoms with Gasteiger partial charge in [0.2, 0.25) is 0 Å². The van der Waals surface area contributed by atoms with Gasteiger partial charge >= 0.3 is 0 Å². The van der Waals surface area contributed by atoms with Gasteiger partial charge in [0.1, 0.15) is 11.6 Å². The van der Waals surface area contributed by atoms with Crippen LogP contribution in [0.25, 0.3) is 10.8 Å². The molecule has 0 fully saturated rings. The third kappa shape index (κ3) is 2.26. The van der Waals surface area contributed by atoms with Crippen LogP contribution in [-0.2, 0) is 0 Å². The Balaban J connectivity index is 2.02. The van der Waals surface area contributed by atoms with Crippen molar-refractivity contribution in [3.05, 3.63) is 69.1 Å². The summed E-state index contributed by atoms with van der Waals surface area (Å²) in [5, 5.41) is 19.2. The van der Waals surface area contributed by atoms with E-state index in [1.54, 1.807) is 6.07 Å². The molecule has 7 heteroatoms. The predicted octanol–water partition coefficient (Wildman–Crippen LogP) is 3.02. The number of anilines is 1. The van der Waals surface area contributed by atoms with Gasteiger partial charge in [-0.2, -0.15) is 10.4 Å². The van der Waals surface area contributed by atoms with Crippen molar-refractivity contribution in [1.82, 2.24) is 10.2 Å². The highest BCUT2D eigenvalue weighted by Gasteiger charge is 2.33. The van der Waals surface area contributed by atoms with Crippen molar-refractivity contribution < 1.29 is 8.78 Å². The summed E-state index contributed by atoms with van der Waals surface area (Å²) in [6, 6.07) is 8.30. The average Bonchev–Trinajstić information content (AvgIpc) is 2.58. The number of aromatic amines is 1. The molecule has 2 N–H and O–H groups in total. The van der Waals surface area contributed by atoms with E-state index in [0.29, 0.717) is 22.3 Å². The van der Waals surface area contributed by atoms with Crippen molar-refractivity contribution in [1.29, 1.82) is 5.26 Å². The monoisotopic (exact) mass is 338 g/mol. The molecule has 0 saturated heterocycles. The fourth-order valence-corrected chi connectivity index (χ4v) is 3.46. The molecule has 25 heavy (non-hydrogen) atoms. The molecule has 4 rings (SSSR count). The van der Waals surface area contributed by atoms with E-state index in [1.165, 1.54) is 18.2 Å². The quantitative estimate of drug-likeness (QED) is 0.715. The van der Waals surface area contributed by atoms with E-state index in [0.717, 1.165) is 6.07 Å². The Labute approximate surface area is 140 Å². The van der Waals surface area contributed by atoms with Crippen LogP contribution in [0.2, 0.25) is 0 Å². The minimum atomic E-state index is -0.534. The van der Waals surface area contributed by atoms with Crippen molar-refractivity contribution in [2.75, 3.05) is 5.32 Å². The smallest absolute Gasteiger partial charge is 0.272 e. The molecule has 124 valence electrons. The van der Waals surface area contributed by atoms with Crippen LogP contribution in [0.5, 0.6) is 0 Å². The minimum absolute atomic E-state index is 0.165. The highest BCUT2D eigenvalue weighted by Crippen LogP contribution is 2.40. The highest BCUT2D eigenvalue weighted by atomic mass is 19.1. The number of nitrogens with one attached hydrogen (secondary N) is 2. The standard InChI is InChI=1S/C18H12F2N4O/c1-8-15(11-3-2-9(7-21)4-13(11)20)17-16-12(18(25)24-23-17)5-10(19)6-14(16)22-8/h2-6,8,15,22H,1H3,(H,24,25)/t8-,15+/m1/s1. The van der Waals surface area contributed by atoms with Gasteiger partial charge in [0, 0.05) is 17.1 Å². The second-order valence-corrected chi connectivity index (χ2v) is 6.07. The van der Waals surface area contributed by atoms with Crippen LogP contribution in [0.3, 0.4) is 0 Å². The maximum Gasteiger partial charge on any atom is 0.272 e. The summed E-state index contributed by atoms with van der Waals surface area (Å²) < 4.78 is 28.4. The summed E-state index contributed by atoms with van der Waals surface area (Å²) in [4.78, 5) is 12.0. The van der Waals surface area contributed by atoms with Crippen LogP contribution in [0.1, 0.15) is 29.7 Å². The number of hydrogen-bond donors (Lipinski definition) is 2. The van der Waals surface area contributed by atoms with Crippen LogP contribution >= 0.6 is 0 Å². The Hall–Kier alpha value is -3.27. The highest BCUT2D eigenvalue weighted by molar-refractivity contribution is 5.97. The minimum Gasteiger partial charge on any atom is -0.381 e. The predicted molar refractivity (Wildman–Crippen MR) is 88.4 cm³/mol. The number of hydrogen-bond acceptors (Lipinski definition) is 4. The average molecular weight is 338 g/mol. The molecule has 0 spiro atoms. The Morgan fingerprint density at radius 2 is 2.04 bits per heavy atom. The summed E-state index contributed by atoms with van der Waals surface area (Å²) in [5.41, 5.74) is 1.00. The largest absolute Gasteiger partial charge is 0.381 e. The van der Waals surface area contributed by atoms with Gasteiger partial charge in [0.05, 0.1) is 28.6 Å². The normalized spacial score (nSPS) is 18.6. The molecule has 1 aliphatic heterocycles. The molecule has 0 amide bonds. The molecule has 3 aromatic rings. The van der Waals surface area contributed by atoms with E-state index in [-0.39, 0.29) is 17.0 Å². The van der Waals surface area contributed by atoms with Crippen LogP contribution < -0.4 is 10.9 Å². The SMILES string of the molecule is C[C@H]1Nc2cc(F)cc3c(=O)[nH]nc(c23)[C@@H]1c1ccc(C#N)cc1F. The molecule has 0 unspecified atom stereocenters. The van der Waals surface area contributed by atoms with E-state index >= 15 is 0 Å². The van der Waals surface area contributed by atoms with E-state index in [9.17, 15) is 13.6 Å². The number of benzene rings is 2. The molecular weight excluding hydrogens is 326 g/mol. The molecule has 1 aliphatic rings. The zero-order valence-electron chi connectivity index (χ0n) is 13.1. The molecule has 5 nitrogen and oxygen atoms in total. The lowest BCUT2D eigenvalue weighted by Crippen LogP contribution is -2.32. The van der Waals surface area contributed by atoms with Crippen LogP contribution in [0.15, 0.2) is 35.1 Å². The first-order chi connectivity index (χ1) is 12.0. The van der Waals surface area contributed by atoms with Gasteiger partial charge in [-0.05, 0) is 36.8 Å². The summed E-state index contributed by atoms with van der Waals surface area (Å²) in [7, 11) is 0. The number of halogens is 2. The van der Waals surface area contributed by atoms with Gasteiger partial charge in [0.15, 0.2) is 0 Å². The van der Waals surface area contributed by atoms with Gasteiger partial charge in [-0.15, -0.1) is 0 Å². The Morgan fingerprint density at radius 3 is 2.76 bits per heavy atom. The first kappa shape index (κ1) is 15.3. The lowest BCUT2D eigenvalue weighted by atomic mass is 9.83. The van der Waals surface area contributed by atoms with E-state index < -0.39 is 23.1 Å². The Kier molecular flexibility index (Phi) is 3.29. The van der Waals surface area contributed by atoms with Gasteiger partial charge < -0.3 is 5.32 Å². The molecule has 2 heterocycles. The molecule has 1 aromatic heterocycles.